The molecule has 5 rings (SSSR count). The van der Waals surface area contributed by atoms with Crippen LogP contribution in [0.15, 0.2) is 24.3 Å². The Morgan fingerprint density at radius 3 is 1.76 bits per heavy atom. The first-order chi connectivity index (χ1) is 16.1. The van der Waals surface area contributed by atoms with Gasteiger partial charge in [-0.25, -0.2) is 4.79 Å². The number of rotatable bonds is 8. The fraction of sp³-hybridized carbons (Fsp3) is 0.679. The maximum atomic E-state index is 13.1. The molecule has 0 unspecified atom stereocenters. The van der Waals surface area contributed by atoms with E-state index in [4.69, 9.17) is 4.74 Å². The third kappa shape index (κ3) is 4.87. The van der Waals surface area contributed by atoms with Gasteiger partial charge in [0.1, 0.15) is 12.1 Å². The first-order valence-electron chi connectivity index (χ1n) is 12.9. The van der Waals surface area contributed by atoms with Crippen LogP contribution in [0.3, 0.4) is 0 Å². The minimum atomic E-state index is -0.754. The molecule has 4 aliphatic rings. The first-order valence-corrected chi connectivity index (χ1v) is 12.9. The van der Waals surface area contributed by atoms with E-state index in [0.29, 0.717) is 11.0 Å². The van der Waals surface area contributed by atoms with Crippen molar-refractivity contribution in [2.75, 3.05) is 7.11 Å². The van der Waals surface area contributed by atoms with Gasteiger partial charge in [-0.05, 0) is 91.2 Å². The van der Waals surface area contributed by atoms with Crippen LogP contribution in [0.25, 0.3) is 0 Å². The zero-order valence-corrected chi connectivity index (χ0v) is 21.2. The number of hydrogen-bond donors (Lipinski definition) is 2. The van der Waals surface area contributed by atoms with Gasteiger partial charge in [0.05, 0.1) is 7.11 Å². The van der Waals surface area contributed by atoms with Gasteiger partial charge < -0.3 is 15.4 Å². The topological polar surface area (TPSA) is 84.5 Å². The molecule has 2 atom stereocenters. The molecule has 34 heavy (non-hydrogen) atoms. The smallest absolute Gasteiger partial charge is 0.328 e. The molecule has 4 saturated carbocycles. The Hall–Kier alpha value is -2.37. The number of ether oxygens (including phenoxy) is 1. The number of methoxy groups -OCH3 is 1. The molecule has 186 valence electrons. The van der Waals surface area contributed by atoms with Crippen LogP contribution in [0.5, 0.6) is 0 Å². The van der Waals surface area contributed by atoms with E-state index >= 15 is 0 Å². The highest BCUT2D eigenvalue weighted by Crippen LogP contribution is 2.60. The normalized spacial score (nSPS) is 29.1. The van der Waals surface area contributed by atoms with Gasteiger partial charge in [0, 0.05) is 5.56 Å². The average Bonchev–Trinajstić information content (AvgIpc) is 2.79. The minimum Gasteiger partial charge on any atom is -0.467 e. The Balaban J connectivity index is 1.44. The van der Waals surface area contributed by atoms with E-state index in [-0.39, 0.29) is 23.7 Å². The molecule has 1 aromatic rings. The molecule has 4 aliphatic carbocycles. The molecule has 4 fully saturated rings. The lowest BCUT2D eigenvalue weighted by molar-refractivity contribution is -0.146. The van der Waals surface area contributed by atoms with Gasteiger partial charge in [-0.1, -0.05) is 39.8 Å². The molecule has 4 bridgehead atoms. The van der Waals surface area contributed by atoms with Gasteiger partial charge in [-0.2, -0.15) is 0 Å². The highest BCUT2D eigenvalue weighted by molar-refractivity contribution is 5.98. The Morgan fingerprint density at radius 2 is 1.32 bits per heavy atom. The molecule has 2 N–H and O–H groups in total. The molecule has 0 spiro atoms. The lowest BCUT2D eigenvalue weighted by atomic mass is 9.48. The van der Waals surface area contributed by atoms with Crippen LogP contribution >= 0.6 is 0 Å². The van der Waals surface area contributed by atoms with Crippen LogP contribution < -0.4 is 10.6 Å². The quantitative estimate of drug-likeness (QED) is 0.560. The SMILES string of the molecule is COC(=O)[C@H](NC(=O)[C@@H](NC(=O)c1ccc(C23CC4CC(CC(C4)C2)C3)cc1)C(C)C)C(C)C. The molecule has 0 heterocycles. The number of benzene rings is 1. The van der Waals surface area contributed by atoms with E-state index in [2.05, 4.69) is 22.8 Å². The highest BCUT2D eigenvalue weighted by Gasteiger charge is 2.51. The molecule has 0 aromatic heterocycles. The summed E-state index contributed by atoms with van der Waals surface area (Å²) in [5, 5.41) is 5.65. The summed E-state index contributed by atoms with van der Waals surface area (Å²) in [6.45, 7) is 7.44. The number of nitrogens with one attached hydrogen (secondary N) is 2. The van der Waals surface area contributed by atoms with Crippen LogP contribution in [-0.4, -0.2) is 37.0 Å². The Morgan fingerprint density at radius 1 is 0.824 bits per heavy atom. The van der Waals surface area contributed by atoms with Gasteiger partial charge in [0.15, 0.2) is 0 Å². The summed E-state index contributed by atoms with van der Waals surface area (Å²) >= 11 is 0. The van der Waals surface area contributed by atoms with Gasteiger partial charge in [0.25, 0.3) is 5.91 Å². The maximum absolute atomic E-state index is 13.1. The summed E-state index contributed by atoms with van der Waals surface area (Å²) in [5.41, 5.74) is 2.23. The fourth-order valence-corrected chi connectivity index (χ4v) is 7.07. The molecule has 6 nitrogen and oxygen atoms in total. The van der Waals surface area contributed by atoms with Gasteiger partial charge >= 0.3 is 5.97 Å². The lowest BCUT2D eigenvalue weighted by Gasteiger charge is -2.57. The van der Waals surface area contributed by atoms with Crippen molar-refractivity contribution in [2.45, 2.75) is 83.7 Å². The predicted octanol–water partition coefficient (Wildman–Crippen LogP) is 4.22. The van der Waals surface area contributed by atoms with E-state index in [1.165, 1.54) is 51.2 Å². The van der Waals surface area contributed by atoms with Crippen molar-refractivity contribution in [3.05, 3.63) is 35.4 Å². The molecule has 1 aromatic carbocycles. The number of carbonyl (C=O) groups excluding carboxylic acids is 3. The van der Waals surface area contributed by atoms with E-state index < -0.39 is 18.1 Å². The number of esters is 1. The molecular formula is C28H40N2O4. The van der Waals surface area contributed by atoms with Gasteiger partial charge in [-0.15, -0.1) is 0 Å². The molecular weight excluding hydrogens is 428 g/mol. The highest BCUT2D eigenvalue weighted by atomic mass is 16.5. The molecule has 0 aliphatic heterocycles. The summed E-state index contributed by atoms with van der Waals surface area (Å²) in [6.07, 6.45) is 8.09. The number of amides is 2. The van der Waals surface area contributed by atoms with Gasteiger partial charge in [-0.3, -0.25) is 9.59 Å². The fourth-order valence-electron chi connectivity index (χ4n) is 7.07. The summed E-state index contributed by atoms with van der Waals surface area (Å²) in [7, 11) is 1.30. The molecule has 0 radical (unpaired) electrons. The van der Waals surface area contributed by atoms with Crippen molar-refractivity contribution in [1.29, 1.82) is 0 Å². The third-order valence-electron chi connectivity index (χ3n) is 8.45. The van der Waals surface area contributed by atoms with Crippen LogP contribution in [0, 0.1) is 29.6 Å². The van der Waals surface area contributed by atoms with Gasteiger partial charge in [0.2, 0.25) is 5.91 Å². The first kappa shape index (κ1) is 24.7. The van der Waals surface area contributed by atoms with Crippen LogP contribution in [0.4, 0.5) is 0 Å². The number of hydrogen-bond acceptors (Lipinski definition) is 4. The Labute approximate surface area is 203 Å². The van der Waals surface area contributed by atoms with E-state index in [1.807, 2.05) is 39.8 Å². The standard InChI is InChI=1S/C28H40N2O4/c1-16(2)23(26(32)30-24(17(3)4)27(33)34-5)29-25(31)21-6-8-22(9-7-21)28-13-18-10-19(14-28)12-20(11-18)15-28/h6-9,16-20,23-24H,10-15H2,1-5H3,(H,29,31)(H,30,32)/t18?,19?,20?,23-,24+,28?/m0/s1. The second-order valence-electron chi connectivity index (χ2n) is 11.7. The van der Waals surface area contributed by atoms with E-state index in [0.717, 1.165) is 17.8 Å². The zero-order valence-electron chi connectivity index (χ0n) is 21.2. The second-order valence-corrected chi connectivity index (χ2v) is 11.7. The largest absolute Gasteiger partial charge is 0.467 e. The zero-order chi connectivity index (χ0) is 24.6. The third-order valence-corrected chi connectivity index (χ3v) is 8.45. The summed E-state index contributed by atoms with van der Waals surface area (Å²) in [5.74, 6) is 1.22. The van der Waals surface area contributed by atoms with Crippen molar-refractivity contribution in [2.24, 2.45) is 29.6 Å². The molecule has 2 amide bonds. The van der Waals surface area contributed by atoms with Crippen LogP contribution in [0.1, 0.15) is 82.1 Å². The predicted molar refractivity (Wildman–Crippen MR) is 131 cm³/mol. The van der Waals surface area contributed by atoms with Crippen molar-refractivity contribution in [3.8, 4) is 0 Å². The van der Waals surface area contributed by atoms with Crippen molar-refractivity contribution in [1.82, 2.24) is 10.6 Å². The monoisotopic (exact) mass is 468 g/mol. The Bertz CT molecular complexity index is 886. The van der Waals surface area contributed by atoms with E-state index in [9.17, 15) is 14.4 Å². The van der Waals surface area contributed by atoms with Crippen LogP contribution in [0.2, 0.25) is 0 Å². The maximum Gasteiger partial charge on any atom is 0.328 e. The van der Waals surface area contributed by atoms with E-state index in [1.54, 1.807) is 0 Å². The minimum absolute atomic E-state index is 0.128. The summed E-state index contributed by atoms with van der Waals surface area (Å²) in [6, 6.07) is 6.58. The summed E-state index contributed by atoms with van der Waals surface area (Å²) < 4.78 is 4.82. The number of carbonyl (C=O) groups is 3. The molecule has 6 heteroatoms. The second kappa shape index (κ2) is 9.71. The average molecular weight is 469 g/mol. The van der Waals surface area contributed by atoms with Crippen molar-refractivity contribution in [3.63, 3.8) is 0 Å². The van der Waals surface area contributed by atoms with Crippen molar-refractivity contribution < 1.29 is 19.1 Å². The summed E-state index contributed by atoms with van der Waals surface area (Å²) in [4.78, 5) is 38.1. The lowest BCUT2D eigenvalue weighted by Crippen LogP contribution is -2.55. The Kier molecular flexibility index (Phi) is 7.07. The van der Waals surface area contributed by atoms with Crippen LogP contribution in [-0.2, 0) is 19.7 Å². The van der Waals surface area contributed by atoms with Crippen molar-refractivity contribution >= 4 is 17.8 Å². The molecule has 0 saturated heterocycles.